The van der Waals surface area contributed by atoms with Crippen molar-refractivity contribution in [1.82, 2.24) is 5.32 Å². The standard InChI is InChI=1S/C20H22N2O6/c1-27-19-13-16(7-9-18(19)23)8-10-20(24)21-14-17-5-2-4-15(12-17)6-3-11-28-22(25)26/h2,4-5,7-10,12-13,23H,3,6,11,14H2,1H3,(H,21,24)/b10-8+. The Morgan fingerprint density at radius 3 is 2.79 bits per heavy atom. The van der Waals surface area contributed by atoms with Crippen molar-refractivity contribution >= 4 is 12.0 Å². The molecule has 148 valence electrons. The third-order valence-corrected chi connectivity index (χ3v) is 3.90. The lowest BCUT2D eigenvalue weighted by Crippen LogP contribution is -2.20. The van der Waals surface area contributed by atoms with Gasteiger partial charge in [0.2, 0.25) is 5.91 Å². The molecule has 0 aliphatic heterocycles. The zero-order valence-corrected chi connectivity index (χ0v) is 15.5. The fourth-order valence-corrected chi connectivity index (χ4v) is 2.53. The first kappa shape index (κ1) is 20.8. The van der Waals surface area contributed by atoms with Crippen LogP contribution in [0.1, 0.15) is 23.1 Å². The highest BCUT2D eigenvalue weighted by molar-refractivity contribution is 5.91. The summed E-state index contributed by atoms with van der Waals surface area (Å²) < 4.78 is 5.03. The lowest BCUT2D eigenvalue weighted by Gasteiger charge is -2.06. The Bertz CT molecular complexity index is 850. The van der Waals surface area contributed by atoms with E-state index in [1.54, 1.807) is 18.2 Å². The SMILES string of the molecule is COc1cc(/C=C/C(=O)NCc2cccc(CCCO[N+](=O)[O-])c2)ccc1O. The molecule has 0 aliphatic rings. The molecular formula is C20H22N2O6. The quantitative estimate of drug-likeness (QED) is 0.281. The van der Waals surface area contributed by atoms with Crippen LogP contribution in [0.5, 0.6) is 11.5 Å². The van der Waals surface area contributed by atoms with Gasteiger partial charge in [-0.3, -0.25) is 4.79 Å². The minimum atomic E-state index is -0.798. The number of carbonyl (C=O) groups excluding carboxylic acids is 1. The molecule has 2 aromatic rings. The van der Waals surface area contributed by atoms with Crippen LogP contribution < -0.4 is 10.1 Å². The van der Waals surface area contributed by atoms with Crippen LogP contribution in [0.25, 0.3) is 6.08 Å². The van der Waals surface area contributed by atoms with Crippen molar-refractivity contribution < 1.29 is 24.6 Å². The number of nitrogens with one attached hydrogen (secondary N) is 1. The number of phenolic OH excluding ortho intramolecular Hbond substituents is 1. The van der Waals surface area contributed by atoms with Crippen molar-refractivity contribution in [1.29, 1.82) is 0 Å². The number of ether oxygens (including phenoxy) is 1. The van der Waals surface area contributed by atoms with Crippen LogP contribution in [0, 0.1) is 10.1 Å². The fraction of sp³-hybridized carbons (Fsp3) is 0.250. The third kappa shape index (κ3) is 6.99. The molecule has 0 saturated heterocycles. The van der Waals surface area contributed by atoms with Crippen molar-refractivity contribution in [3.8, 4) is 11.5 Å². The largest absolute Gasteiger partial charge is 0.504 e. The molecule has 2 N–H and O–H groups in total. The summed E-state index contributed by atoms with van der Waals surface area (Å²) in [6.45, 7) is 0.419. The first-order valence-electron chi connectivity index (χ1n) is 8.66. The van der Waals surface area contributed by atoms with E-state index >= 15 is 0 Å². The maximum Gasteiger partial charge on any atom is 0.294 e. The Labute approximate surface area is 162 Å². The number of methoxy groups -OCH3 is 1. The molecule has 0 heterocycles. The normalized spacial score (nSPS) is 10.6. The van der Waals surface area contributed by atoms with Crippen molar-refractivity contribution in [3.63, 3.8) is 0 Å². The average Bonchev–Trinajstić information content (AvgIpc) is 2.69. The summed E-state index contributed by atoms with van der Waals surface area (Å²) in [4.78, 5) is 26.4. The zero-order chi connectivity index (χ0) is 20.4. The highest BCUT2D eigenvalue weighted by Crippen LogP contribution is 2.26. The van der Waals surface area contributed by atoms with E-state index in [0.29, 0.717) is 25.1 Å². The lowest BCUT2D eigenvalue weighted by molar-refractivity contribution is -0.757. The Morgan fingerprint density at radius 2 is 2.04 bits per heavy atom. The topological polar surface area (TPSA) is 111 Å². The van der Waals surface area contributed by atoms with Crippen molar-refractivity contribution in [3.05, 3.63) is 75.3 Å². The Kier molecular flexibility index (Phi) is 7.83. The molecule has 0 bridgehead atoms. The Morgan fingerprint density at radius 1 is 1.25 bits per heavy atom. The van der Waals surface area contributed by atoms with E-state index < -0.39 is 5.09 Å². The van der Waals surface area contributed by atoms with Gasteiger partial charge in [-0.15, -0.1) is 10.1 Å². The van der Waals surface area contributed by atoms with Gasteiger partial charge in [-0.05, 0) is 47.7 Å². The van der Waals surface area contributed by atoms with E-state index in [-0.39, 0.29) is 18.3 Å². The van der Waals surface area contributed by atoms with E-state index in [2.05, 4.69) is 10.2 Å². The van der Waals surface area contributed by atoms with Crippen LogP contribution in [0.2, 0.25) is 0 Å². The average molecular weight is 386 g/mol. The van der Waals surface area contributed by atoms with Crippen molar-refractivity contribution in [2.75, 3.05) is 13.7 Å². The number of aryl methyl sites for hydroxylation is 1. The van der Waals surface area contributed by atoms with Crippen LogP contribution in [-0.2, 0) is 22.6 Å². The van der Waals surface area contributed by atoms with Gasteiger partial charge in [-0.1, -0.05) is 30.3 Å². The first-order valence-corrected chi connectivity index (χ1v) is 8.66. The summed E-state index contributed by atoms with van der Waals surface area (Å²) in [6, 6.07) is 12.4. The first-order chi connectivity index (χ1) is 13.5. The number of benzene rings is 2. The van der Waals surface area contributed by atoms with E-state index in [4.69, 9.17) is 4.74 Å². The number of amides is 1. The molecule has 1 amide bonds. The van der Waals surface area contributed by atoms with Gasteiger partial charge in [-0.2, -0.15) is 0 Å². The van der Waals surface area contributed by atoms with Crippen LogP contribution in [0.15, 0.2) is 48.5 Å². The van der Waals surface area contributed by atoms with Crippen LogP contribution in [-0.4, -0.2) is 29.8 Å². The van der Waals surface area contributed by atoms with Gasteiger partial charge in [0.15, 0.2) is 11.5 Å². The van der Waals surface area contributed by atoms with Crippen LogP contribution in [0.3, 0.4) is 0 Å². The van der Waals surface area contributed by atoms with Gasteiger partial charge in [0.1, 0.15) is 0 Å². The second-order valence-electron chi connectivity index (χ2n) is 5.96. The second-order valence-corrected chi connectivity index (χ2v) is 5.96. The molecule has 8 nitrogen and oxygen atoms in total. The Hall–Kier alpha value is -3.55. The summed E-state index contributed by atoms with van der Waals surface area (Å²) in [7, 11) is 1.46. The predicted molar refractivity (Wildman–Crippen MR) is 103 cm³/mol. The highest BCUT2D eigenvalue weighted by Gasteiger charge is 2.03. The number of carbonyl (C=O) groups is 1. The van der Waals surface area contributed by atoms with Gasteiger partial charge in [0.25, 0.3) is 5.09 Å². The molecule has 0 unspecified atom stereocenters. The molecule has 0 radical (unpaired) electrons. The zero-order valence-electron chi connectivity index (χ0n) is 15.5. The number of hydrogen-bond acceptors (Lipinski definition) is 6. The third-order valence-electron chi connectivity index (χ3n) is 3.90. The lowest BCUT2D eigenvalue weighted by atomic mass is 10.1. The number of phenols is 1. The summed E-state index contributed by atoms with van der Waals surface area (Å²) in [5.74, 6) is 0.119. The van der Waals surface area contributed by atoms with Crippen molar-refractivity contribution in [2.24, 2.45) is 0 Å². The summed E-state index contributed by atoms with van der Waals surface area (Å²) >= 11 is 0. The predicted octanol–water partition coefficient (Wildman–Crippen LogP) is 2.87. The maximum absolute atomic E-state index is 12.0. The molecular weight excluding hydrogens is 364 g/mol. The summed E-state index contributed by atoms with van der Waals surface area (Å²) in [5, 5.41) is 21.7. The monoisotopic (exact) mass is 386 g/mol. The van der Waals surface area contributed by atoms with E-state index in [1.807, 2.05) is 24.3 Å². The van der Waals surface area contributed by atoms with Crippen LogP contribution >= 0.6 is 0 Å². The Balaban J connectivity index is 1.83. The molecule has 8 heteroatoms. The minimum absolute atomic E-state index is 0.0360. The second kappa shape index (κ2) is 10.6. The van der Waals surface area contributed by atoms with Gasteiger partial charge in [0, 0.05) is 12.6 Å². The number of rotatable bonds is 10. The molecule has 0 atom stereocenters. The van der Waals surface area contributed by atoms with E-state index in [9.17, 15) is 20.0 Å². The van der Waals surface area contributed by atoms with Gasteiger partial charge < -0.3 is 20.0 Å². The maximum atomic E-state index is 12.0. The molecule has 28 heavy (non-hydrogen) atoms. The minimum Gasteiger partial charge on any atom is -0.504 e. The molecule has 2 aromatic carbocycles. The highest BCUT2D eigenvalue weighted by atomic mass is 16.9. The van der Waals surface area contributed by atoms with Gasteiger partial charge in [-0.25, -0.2) is 0 Å². The summed E-state index contributed by atoms with van der Waals surface area (Å²) in [6.07, 6.45) is 4.22. The smallest absolute Gasteiger partial charge is 0.294 e. The number of nitrogens with zero attached hydrogens (tertiary/aromatic N) is 1. The van der Waals surface area contributed by atoms with E-state index in [0.717, 1.165) is 16.7 Å². The molecule has 0 aromatic heterocycles. The van der Waals surface area contributed by atoms with Crippen LogP contribution in [0.4, 0.5) is 0 Å². The fourth-order valence-electron chi connectivity index (χ4n) is 2.53. The van der Waals surface area contributed by atoms with E-state index in [1.165, 1.54) is 19.3 Å². The number of aromatic hydroxyl groups is 1. The van der Waals surface area contributed by atoms with Crippen molar-refractivity contribution in [2.45, 2.75) is 19.4 Å². The molecule has 0 spiro atoms. The summed E-state index contributed by atoms with van der Waals surface area (Å²) in [5.41, 5.74) is 2.68. The van der Waals surface area contributed by atoms with Gasteiger partial charge >= 0.3 is 0 Å². The van der Waals surface area contributed by atoms with Gasteiger partial charge in [0.05, 0.1) is 13.7 Å². The molecule has 2 rings (SSSR count). The molecule has 0 saturated carbocycles. The molecule has 0 fully saturated rings. The number of hydrogen-bond donors (Lipinski definition) is 2. The molecule has 0 aliphatic carbocycles.